The van der Waals surface area contributed by atoms with Crippen LogP contribution in [0.25, 0.3) is 22.2 Å². The maximum atomic E-state index is 12.4. The second kappa shape index (κ2) is 9.11. The Morgan fingerprint density at radius 1 is 1.19 bits per heavy atom. The van der Waals surface area contributed by atoms with Crippen molar-refractivity contribution in [1.82, 2.24) is 15.3 Å². The van der Waals surface area contributed by atoms with E-state index < -0.39 is 25.0 Å². The molecule has 0 saturated carbocycles. The molecule has 0 bridgehead atoms. The van der Waals surface area contributed by atoms with Crippen LogP contribution in [-0.2, 0) is 11.3 Å². The number of benzene rings is 2. The maximum absolute atomic E-state index is 12.4. The predicted octanol–water partition coefficient (Wildman–Crippen LogP) is 3.02. The lowest BCUT2D eigenvalue weighted by atomic mass is 9.93. The first-order chi connectivity index (χ1) is 14.7. The Hall–Kier alpha value is -3.50. The SMILES string of the molecule is C=CC(=O)NCc1cc(-c2ccc(OC(F)(F)F)cc2)c2nccnc2c1C(O)CO. The molecular weight excluding hydrogens is 415 g/mol. The Balaban J connectivity index is 2.15. The molecule has 0 spiro atoms. The van der Waals surface area contributed by atoms with Crippen LogP contribution >= 0.6 is 0 Å². The molecule has 0 aliphatic rings. The van der Waals surface area contributed by atoms with Gasteiger partial charge >= 0.3 is 6.36 Å². The van der Waals surface area contributed by atoms with Gasteiger partial charge in [-0.05, 0) is 35.4 Å². The number of hydrogen-bond donors (Lipinski definition) is 3. The molecule has 31 heavy (non-hydrogen) atoms. The molecule has 0 aliphatic heterocycles. The molecule has 0 saturated heterocycles. The molecule has 10 heteroatoms. The number of amides is 1. The normalized spacial score (nSPS) is 12.4. The summed E-state index contributed by atoms with van der Waals surface area (Å²) in [5.74, 6) is -0.823. The van der Waals surface area contributed by atoms with Crippen LogP contribution in [0.4, 0.5) is 13.2 Å². The highest BCUT2D eigenvalue weighted by Crippen LogP contribution is 2.35. The second-order valence-electron chi connectivity index (χ2n) is 6.44. The van der Waals surface area contributed by atoms with Gasteiger partial charge in [0.25, 0.3) is 0 Å². The fourth-order valence-electron chi connectivity index (χ4n) is 3.12. The third-order valence-electron chi connectivity index (χ3n) is 4.42. The number of carbonyl (C=O) groups is 1. The first-order valence-corrected chi connectivity index (χ1v) is 9.05. The molecule has 3 rings (SSSR count). The van der Waals surface area contributed by atoms with Crippen LogP contribution in [0, 0.1) is 0 Å². The van der Waals surface area contributed by atoms with Crippen LogP contribution < -0.4 is 10.1 Å². The fraction of sp³-hybridized carbons (Fsp3) is 0.190. The number of carbonyl (C=O) groups excluding carboxylic acids is 1. The number of aliphatic hydroxyl groups is 2. The van der Waals surface area contributed by atoms with Crippen LogP contribution in [0.5, 0.6) is 5.75 Å². The van der Waals surface area contributed by atoms with E-state index in [1.54, 1.807) is 6.07 Å². The van der Waals surface area contributed by atoms with Crippen molar-refractivity contribution in [3.8, 4) is 16.9 Å². The lowest BCUT2D eigenvalue weighted by Crippen LogP contribution is -2.22. The number of alkyl halides is 3. The van der Waals surface area contributed by atoms with E-state index in [1.165, 1.54) is 36.7 Å². The number of halogens is 3. The van der Waals surface area contributed by atoms with Gasteiger partial charge in [-0.1, -0.05) is 18.7 Å². The molecule has 3 aromatic rings. The molecule has 1 aromatic heterocycles. The van der Waals surface area contributed by atoms with Crippen molar-refractivity contribution < 1.29 is 32.9 Å². The Morgan fingerprint density at radius 3 is 2.42 bits per heavy atom. The van der Waals surface area contributed by atoms with Gasteiger partial charge in [0, 0.05) is 30.1 Å². The molecular formula is C21H18F3N3O4. The number of aromatic nitrogens is 2. The smallest absolute Gasteiger partial charge is 0.406 e. The summed E-state index contributed by atoms with van der Waals surface area (Å²) in [4.78, 5) is 20.2. The molecule has 0 aliphatic carbocycles. The van der Waals surface area contributed by atoms with Crippen molar-refractivity contribution in [2.75, 3.05) is 6.61 Å². The molecule has 1 atom stereocenters. The summed E-state index contributed by atoms with van der Waals surface area (Å²) in [6, 6.07) is 6.83. The number of nitrogens with zero attached hydrogens (tertiary/aromatic N) is 2. The quantitative estimate of drug-likeness (QED) is 0.495. The standard InChI is InChI=1S/C21H18F3N3O4/c1-2-17(30)27-10-13-9-15(12-3-5-14(6-4-12)31-21(22,23)24)19-20(26-8-7-25-19)18(13)16(29)11-28/h2-9,16,28-29H,1,10-11H2,(H,27,30). The summed E-state index contributed by atoms with van der Waals surface area (Å²) in [6.45, 7) is 2.79. The maximum Gasteiger partial charge on any atom is 0.573 e. The zero-order chi connectivity index (χ0) is 22.6. The monoisotopic (exact) mass is 433 g/mol. The van der Waals surface area contributed by atoms with Crippen LogP contribution in [0.15, 0.2) is 55.4 Å². The Kier molecular flexibility index (Phi) is 6.52. The van der Waals surface area contributed by atoms with Gasteiger partial charge in [-0.3, -0.25) is 14.8 Å². The van der Waals surface area contributed by atoms with E-state index in [-0.39, 0.29) is 17.9 Å². The van der Waals surface area contributed by atoms with E-state index >= 15 is 0 Å². The minimum atomic E-state index is -4.81. The average Bonchev–Trinajstić information content (AvgIpc) is 2.75. The van der Waals surface area contributed by atoms with Crippen LogP contribution in [-0.4, -0.2) is 39.1 Å². The zero-order valence-electron chi connectivity index (χ0n) is 16.1. The van der Waals surface area contributed by atoms with Crippen molar-refractivity contribution in [2.24, 2.45) is 0 Å². The van der Waals surface area contributed by atoms with Crippen LogP contribution in [0.1, 0.15) is 17.2 Å². The van der Waals surface area contributed by atoms with Crippen LogP contribution in [0.3, 0.4) is 0 Å². The molecule has 162 valence electrons. The van der Waals surface area contributed by atoms with Crippen molar-refractivity contribution in [1.29, 1.82) is 0 Å². The molecule has 1 heterocycles. The van der Waals surface area contributed by atoms with E-state index in [9.17, 15) is 28.2 Å². The van der Waals surface area contributed by atoms with Gasteiger partial charge in [-0.15, -0.1) is 13.2 Å². The fourth-order valence-corrected chi connectivity index (χ4v) is 3.12. The number of fused-ring (bicyclic) bond motifs is 1. The lowest BCUT2D eigenvalue weighted by molar-refractivity contribution is -0.274. The Labute approximate surface area is 174 Å². The minimum absolute atomic E-state index is 0.00791. The predicted molar refractivity (Wildman–Crippen MR) is 106 cm³/mol. The van der Waals surface area contributed by atoms with E-state index in [2.05, 4.69) is 26.6 Å². The molecule has 1 unspecified atom stereocenters. The molecule has 3 N–H and O–H groups in total. The van der Waals surface area contributed by atoms with Gasteiger partial charge in [0.05, 0.1) is 17.6 Å². The largest absolute Gasteiger partial charge is 0.573 e. The lowest BCUT2D eigenvalue weighted by Gasteiger charge is -2.19. The summed E-state index contributed by atoms with van der Waals surface area (Å²) in [5.41, 5.74) is 2.43. The highest BCUT2D eigenvalue weighted by atomic mass is 19.4. The summed E-state index contributed by atoms with van der Waals surface area (Å²) in [5, 5.41) is 22.5. The first-order valence-electron chi connectivity index (χ1n) is 9.05. The highest BCUT2D eigenvalue weighted by Gasteiger charge is 2.31. The second-order valence-corrected chi connectivity index (χ2v) is 6.44. The summed E-state index contributed by atoms with van der Waals surface area (Å²) in [7, 11) is 0. The number of aliphatic hydroxyl groups excluding tert-OH is 2. The van der Waals surface area contributed by atoms with Gasteiger partial charge in [0.1, 0.15) is 11.9 Å². The summed E-state index contributed by atoms with van der Waals surface area (Å²) >= 11 is 0. The topological polar surface area (TPSA) is 105 Å². The van der Waals surface area contributed by atoms with Gasteiger partial charge in [0.15, 0.2) is 0 Å². The van der Waals surface area contributed by atoms with Crippen molar-refractivity contribution in [3.05, 3.63) is 66.5 Å². The minimum Gasteiger partial charge on any atom is -0.406 e. The van der Waals surface area contributed by atoms with Crippen molar-refractivity contribution >= 4 is 16.9 Å². The van der Waals surface area contributed by atoms with E-state index in [0.717, 1.165) is 6.08 Å². The zero-order valence-corrected chi connectivity index (χ0v) is 16.1. The molecule has 0 fully saturated rings. The van der Waals surface area contributed by atoms with E-state index in [1.807, 2.05) is 0 Å². The highest BCUT2D eigenvalue weighted by molar-refractivity contribution is 5.95. The molecule has 7 nitrogen and oxygen atoms in total. The number of nitrogens with one attached hydrogen (secondary N) is 1. The molecule has 0 radical (unpaired) electrons. The van der Waals surface area contributed by atoms with Gasteiger partial charge in [-0.2, -0.15) is 0 Å². The average molecular weight is 433 g/mol. The molecule has 1 amide bonds. The first kappa shape index (κ1) is 22.2. The summed E-state index contributed by atoms with van der Waals surface area (Å²) < 4.78 is 41.2. The number of rotatable bonds is 7. The van der Waals surface area contributed by atoms with E-state index in [0.29, 0.717) is 27.7 Å². The van der Waals surface area contributed by atoms with Gasteiger partial charge < -0.3 is 20.3 Å². The van der Waals surface area contributed by atoms with E-state index in [4.69, 9.17) is 0 Å². The molecule has 2 aromatic carbocycles. The van der Waals surface area contributed by atoms with Crippen molar-refractivity contribution in [3.63, 3.8) is 0 Å². The third-order valence-corrected chi connectivity index (χ3v) is 4.42. The third kappa shape index (κ3) is 5.16. The number of hydrogen-bond acceptors (Lipinski definition) is 6. The van der Waals surface area contributed by atoms with Gasteiger partial charge in [0.2, 0.25) is 5.91 Å². The number of ether oxygens (including phenoxy) is 1. The summed E-state index contributed by atoms with van der Waals surface area (Å²) in [6.07, 6.45) is -2.17. The van der Waals surface area contributed by atoms with Gasteiger partial charge in [-0.25, -0.2) is 0 Å². The van der Waals surface area contributed by atoms with Crippen molar-refractivity contribution in [2.45, 2.75) is 19.0 Å². The van der Waals surface area contributed by atoms with Crippen LogP contribution in [0.2, 0.25) is 0 Å². The Morgan fingerprint density at radius 2 is 1.84 bits per heavy atom. The Bertz CT molecular complexity index is 1100.